The van der Waals surface area contributed by atoms with E-state index in [0.29, 0.717) is 29.7 Å². The van der Waals surface area contributed by atoms with Crippen LogP contribution in [0.2, 0.25) is 0 Å². The van der Waals surface area contributed by atoms with E-state index in [1.165, 1.54) is 0 Å². The molecule has 0 aliphatic carbocycles. The predicted octanol–water partition coefficient (Wildman–Crippen LogP) is 7.46. The van der Waals surface area contributed by atoms with Gasteiger partial charge in [-0.1, -0.05) is 78.4 Å². The van der Waals surface area contributed by atoms with Gasteiger partial charge in [0, 0.05) is 30.3 Å². The van der Waals surface area contributed by atoms with Gasteiger partial charge in [0.25, 0.3) is 11.8 Å². The fourth-order valence-electron chi connectivity index (χ4n) is 4.38. The topological polar surface area (TPSA) is 86.7 Å². The summed E-state index contributed by atoms with van der Waals surface area (Å²) in [4.78, 5) is 38.7. The molecule has 0 bridgehead atoms. The van der Waals surface area contributed by atoms with Gasteiger partial charge in [-0.2, -0.15) is 0 Å². The highest BCUT2D eigenvalue weighted by Gasteiger charge is 2.17. The maximum absolute atomic E-state index is 13.3. The van der Waals surface area contributed by atoms with E-state index in [2.05, 4.69) is 5.32 Å². The van der Waals surface area contributed by atoms with Crippen LogP contribution in [0.15, 0.2) is 103 Å². The third kappa shape index (κ3) is 7.11. The number of hydrogen-bond donors (Lipinski definition) is 2. The lowest BCUT2D eigenvalue weighted by atomic mass is 9.98. The minimum absolute atomic E-state index is 0.125. The molecular formula is C34H32N2O4. The number of aliphatic carboxylic acids is 1. The Hall–Kier alpha value is -4.97. The van der Waals surface area contributed by atoms with Gasteiger partial charge in [-0.15, -0.1) is 0 Å². The smallest absolute Gasteiger partial charge is 0.303 e. The van der Waals surface area contributed by atoms with Crippen molar-refractivity contribution >= 4 is 35.2 Å². The molecule has 0 saturated carbocycles. The van der Waals surface area contributed by atoms with Gasteiger partial charge in [0.05, 0.1) is 5.69 Å². The van der Waals surface area contributed by atoms with Gasteiger partial charge < -0.3 is 15.3 Å². The van der Waals surface area contributed by atoms with E-state index in [9.17, 15) is 14.4 Å². The van der Waals surface area contributed by atoms with Crippen molar-refractivity contribution < 1.29 is 19.5 Å². The van der Waals surface area contributed by atoms with Crippen molar-refractivity contribution in [2.24, 2.45) is 0 Å². The molecule has 0 radical (unpaired) electrons. The first kappa shape index (κ1) is 28.0. The summed E-state index contributed by atoms with van der Waals surface area (Å²) in [5.74, 6) is -1.22. The first-order valence-electron chi connectivity index (χ1n) is 13.2. The molecule has 0 aliphatic heterocycles. The second-order valence-electron chi connectivity index (χ2n) is 9.55. The molecule has 4 aromatic rings. The Morgan fingerprint density at radius 3 is 2.25 bits per heavy atom. The van der Waals surface area contributed by atoms with Crippen molar-refractivity contribution in [3.05, 3.63) is 125 Å². The third-order valence-corrected chi connectivity index (χ3v) is 6.59. The summed E-state index contributed by atoms with van der Waals surface area (Å²) in [5, 5.41) is 11.7. The normalized spacial score (nSPS) is 10.8. The van der Waals surface area contributed by atoms with Gasteiger partial charge in [0.2, 0.25) is 0 Å². The van der Waals surface area contributed by atoms with E-state index < -0.39 is 5.97 Å². The third-order valence-electron chi connectivity index (χ3n) is 6.59. The van der Waals surface area contributed by atoms with Crippen LogP contribution >= 0.6 is 0 Å². The molecule has 0 aromatic heterocycles. The number of unbranched alkanes of at least 4 members (excludes halogenated alkanes) is 1. The predicted molar refractivity (Wildman–Crippen MR) is 161 cm³/mol. The largest absolute Gasteiger partial charge is 0.481 e. The Morgan fingerprint density at radius 2 is 1.52 bits per heavy atom. The van der Waals surface area contributed by atoms with E-state index in [1.807, 2.05) is 85.8 Å². The van der Waals surface area contributed by atoms with Gasteiger partial charge >= 0.3 is 5.97 Å². The molecule has 2 amide bonds. The SMILES string of the molecule is Cc1ccc(-c2ccccc2C(=O)Nc2ccc(C(=O)N(C)c3ccccc3C=CCCCC(=O)O)cc2)cc1. The molecule has 6 nitrogen and oxygen atoms in total. The summed E-state index contributed by atoms with van der Waals surface area (Å²) < 4.78 is 0. The lowest BCUT2D eigenvalue weighted by Gasteiger charge is -2.20. The number of rotatable bonds is 10. The molecule has 0 spiro atoms. The van der Waals surface area contributed by atoms with E-state index >= 15 is 0 Å². The molecule has 0 unspecified atom stereocenters. The van der Waals surface area contributed by atoms with Gasteiger partial charge in [-0.3, -0.25) is 14.4 Å². The zero-order chi connectivity index (χ0) is 28.5. The molecule has 4 rings (SSSR count). The first-order valence-corrected chi connectivity index (χ1v) is 13.2. The summed E-state index contributed by atoms with van der Waals surface area (Å²) in [7, 11) is 1.72. The number of nitrogens with zero attached hydrogens (tertiary/aromatic N) is 1. The number of carboxylic acids is 1. The fourth-order valence-corrected chi connectivity index (χ4v) is 4.38. The van der Waals surface area contributed by atoms with Crippen molar-refractivity contribution in [1.82, 2.24) is 0 Å². The number of nitrogens with one attached hydrogen (secondary N) is 1. The van der Waals surface area contributed by atoms with E-state index in [4.69, 9.17) is 5.11 Å². The number of allylic oxidation sites excluding steroid dienone is 1. The molecule has 0 fully saturated rings. The van der Waals surface area contributed by atoms with Crippen LogP contribution in [0.1, 0.15) is 51.1 Å². The minimum atomic E-state index is -0.809. The van der Waals surface area contributed by atoms with Crippen LogP contribution < -0.4 is 10.2 Å². The van der Waals surface area contributed by atoms with Crippen molar-refractivity contribution in [2.45, 2.75) is 26.2 Å². The quantitative estimate of drug-likeness (QED) is 0.208. The van der Waals surface area contributed by atoms with E-state index in [-0.39, 0.29) is 18.2 Å². The van der Waals surface area contributed by atoms with Crippen LogP contribution in [0, 0.1) is 6.92 Å². The average Bonchev–Trinajstić information content (AvgIpc) is 2.97. The van der Waals surface area contributed by atoms with Gasteiger partial charge in [-0.05, 0) is 72.9 Å². The highest BCUT2D eigenvalue weighted by molar-refractivity contribution is 6.10. The van der Waals surface area contributed by atoms with Crippen LogP contribution in [0.5, 0.6) is 0 Å². The number of amides is 2. The van der Waals surface area contributed by atoms with E-state index in [1.54, 1.807) is 42.3 Å². The number of aryl methyl sites for hydroxylation is 1. The summed E-state index contributed by atoms with van der Waals surface area (Å²) >= 11 is 0. The van der Waals surface area contributed by atoms with Gasteiger partial charge in [0.1, 0.15) is 0 Å². The van der Waals surface area contributed by atoms with Crippen LogP contribution in [0.4, 0.5) is 11.4 Å². The Labute approximate surface area is 234 Å². The number of benzene rings is 4. The monoisotopic (exact) mass is 532 g/mol. The number of carbonyl (C=O) groups excluding carboxylic acids is 2. The zero-order valence-electron chi connectivity index (χ0n) is 22.6. The molecule has 0 aliphatic rings. The maximum Gasteiger partial charge on any atom is 0.303 e. The molecule has 40 heavy (non-hydrogen) atoms. The summed E-state index contributed by atoms with van der Waals surface area (Å²) in [6.07, 6.45) is 5.16. The fraction of sp³-hybridized carbons (Fsp3) is 0.147. The molecule has 202 valence electrons. The molecular weight excluding hydrogens is 500 g/mol. The minimum Gasteiger partial charge on any atom is -0.481 e. The Bertz CT molecular complexity index is 1520. The zero-order valence-corrected chi connectivity index (χ0v) is 22.6. The molecule has 0 atom stereocenters. The highest BCUT2D eigenvalue weighted by Crippen LogP contribution is 2.26. The number of anilines is 2. The Kier molecular flexibility index (Phi) is 9.26. The Balaban J connectivity index is 1.45. The number of para-hydroxylation sites is 1. The number of carbonyl (C=O) groups is 3. The van der Waals surface area contributed by atoms with Crippen LogP contribution in [-0.4, -0.2) is 29.9 Å². The lowest BCUT2D eigenvalue weighted by Crippen LogP contribution is -2.26. The second-order valence-corrected chi connectivity index (χ2v) is 9.55. The maximum atomic E-state index is 13.3. The summed E-state index contributed by atoms with van der Waals surface area (Å²) in [5.41, 5.74) is 6.22. The van der Waals surface area contributed by atoms with Crippen LogP contribution in [0.3, 0.4) is 0 Å². The van der Waals surface area contributed by atoms with Crippen molar-refractivity contribution in [3.8, 4) is 11.1 Å². The lowest BCUT2D eigenvalue weighted by molar-refractivity contribution is -0.137. The highest BCUT2D eigenvalue weighted by atomic mass is 16.4. The standard InChI is InChI=1S/C34H32N2O4/c1-24-16-18-25(19-17-24)29-12-7-8-13-30(29)33(39)35-28-22-20-27(21-23-28)34(40)36(2)31-14-9-6-11-26(31)10-4-3-5-15-32(37)38/h4,6-14,16-23H,3,5,15H2,1-2H3,(H,35,39)(H,37,38). The van der Waals surface area contributed by atoms with E-state index in [0.717, 1.165) is 27.9 Å². The van der Waals surface area contributed by atoms with Crippen LogP contribution in [-0.2, 0) is 4.79 Å². The number of hydrogen-bond acceptors (Lipinski definition) is 3. The molecule has 0 saturated heterocycles. The molecule has 4 aromatic carbocycles. The average molecular weight is 533 g/mol. The number of carboxylic acid groups (broad SMARTS) is 1. The Morgan fingerprint density at radius 1 is 0.850 bits per heavy atom. The van der Waals surface area contributed by atoms with Gasteiger partial charge in [0.15, 0.2) is 0 Å². The molecule has 6 heteroatoms. The molecule has 2 N–H and O–H groups in total. The van der Waals surface area contributed by atoms with Crippen molar-refractivity contribution in [1.29, 1.82) is 0 Å². The first-order chi connectivity index (χ1) is 19.3. The van der Waals surface area contributed by atoms with Gasteiger partial charge in [-0.25, -0.2) is 0 Å². The summed E-state index contributed by atoms with van der Waals surface area (Å²) in [6, 6.07) is 29.9. The van der Waals surface area contributed by atoms with Crippen molar-refractivity contribution in [2.75, 3.05) is 17.3 Å². The summed E-state index contributed by atoms with van der Waals surface area (Å²) in [6.45, 7) is 2.03. The second kappa shape index (κ2) is 13.2. The van der Waals surface area contributed by atoms with Crippen LogP contribution in [0.25, 0.3) is 17.2 Å². The van der Waals surface area contributed by atoms with Crippen molar-refractivity contribution in [3.63, 3.8) is 0 Å². The molecule has 0 heterocycles.